The van der Waals surface area contributed by atoms with Gasteiger partial charge in [0.25, 0.3) is 0 Å². The molecule has 0 aromatic rings. The molecule has 0 unspecified atom stereocenters. The van der Waals surface area contributed by atoms with Crippen LogP contribution in [0.3, 0.4) is 0 Å². The summed E-state index contributed by atoms with van der Waals surface area (Å²) >= 11 is 0. The van der Waals surface area contributed by atoms with Crippen LogP contribution in [0.1, 0.15) is 20.3 Å². The molecule has 50 valence electrons. The quantitative estimate of drug-likeness (QED) is 0.504. The second-order valence-electron chi connectivity index (χ2n) is 1.75. The maximum absolute atomic E-state index is 2.12. The molecule has 0 amide bonds. The van der Waals surface area contributed by atoms with Crippen LogP contribution in [0.15, 0.2) is 36.5 Å². The van der Waals surface area contributed by atoms with Gasteiger partial charge >= 0.3 is 0 Å². The minimum atomic E-state index is 1.11. The zero-order chi connectivity index (χ0) is 6.95. The molecule has 0 aromatic carbocycles. The van der Waals surface area contributed by atoms with Crippen molar-refractivity contribution in [3.63, 3.8) is 0 Å². The van der Waals surface area contributed by atoms with Crippen LogP contribution >= 0.6 is 0 Å². The second-order valence-corrected chi connectivity index (χ2v) is 1.75. The van der Waals surface area contributed by atoms with Gasteiger partial charge in [0, 0.05) is 0 Å². The van der Waals surface area contributed by atoms with Gasteiger partial charge < -0.3 is 0 Å². The highest BCUT2D eigenvalue weighted by Gasteiger charge is 1.60. The van der Waals surface area contributed by atoms with Gasteiger partial charge in [0.2, 0.25) is 0 Å². The first-order valence-electron chi connectivity index (χ1n) is 3.36. The van der Waals surface area contributed by atoms with E-state index in [0.29, 0.717) is 0 Å². The Labute approximate surface area is 57.6 Å². The molecule has 0 fully saturated rings. The Bertz CT molecular complexity index is 116. The summed E-state index contributed by atoms with van der Waals surface area (Å²) in [5, 5.41) is 0. The van der Waals surface area contributed by atoms with E-state index in [1.54, 1.807) is 0 Å². The van der Waals surface area contributed by atoms with Crippen molar-refractivity contribution >= 4 is 0 Å². The number of hydrogen-bond donors (Lipinski definition) is 0. The molecule has 0 nitrogen and oxygen atoms in total. The fourth-order valence-electron chi connectivity index (χ4n) is 0.454. The minimum Gasteiger partial charge on any atom is -0.0877 e. The first-order valence-corrected chi connectivity index (χ1v) is 3.36. The molecule has 0 heterocycles. The summed E-state index contributed by atoms with van der Waals surface area (Å²) in [6, 6.07) is 0. The Kier molecular flexibility index (Phi) is 6.59. The lowest BCUT2D eigenvalue weighted by Gasteiger charge is -1.72. The molecule has 0 aliphatic rings. The molecule has 0 saturated carbocycles. The van der Waals surface area contributed by atoms with Crippen molar-refractivity contribution in [2.75, 3.05) is 0 Å². The van der Waals surface area contributed by atoms with Crippen LogP contribution in [-0.4, -0.2) is 0 Å². The van der Waals surface area contributed by atoms with Crippen LogP contribution in [0.4, 0.5) is 0 Å². The van der Waals surface area contributed by atoms with Crippen molar-refractivity contribution in [2.24, 2.45) is 0 Å². The minimum absolute atomic E-state index is 1.11. The molecule has 0 radical (unpaired) electrons. The van der Waals surface area contributed by atoms with E-state index in [2.05, 4.69) is 19.1 Å². The van der Waals surface area contributed by atoms with Crippen LogP contribution in [0, 0.1) is 0 Å². The van der Waals surface area contributed by atoms with E-state index in [0.717, 1.165) is 6.42 Å². The monoisotopic (exact) mass is 122 g/mol. The lowest BCUT2D eigenvalue weighted by molar-refractivity contribution is 1.22. The molecule has 0 heteroatoms. The summed E-state index contributed by atoms with van der Waals surface area (Å²) < 4.78 is 0. The second kappa shape index (κ2) is 7.22. The molecule has 0 aliphatic carbocycles. The summed E-state index contributed by atoms with van der Waals surface area (Å²) in [5.74, 6) is 0. The van der Waals surface area contributed by atoms with E-state index >= 15 is 0 Å². The van der Waals surface area contributed by atoms with Gasteiger partial charge in [-0.15, -0.1) is 0 Å². The van der Waals surface area contributed by atoms with Gasteiger partial charge in [0.05, 0.1) is 0 Å². The highest BCUT2D eigenvalue weighted by molar-refractivity contribution is 5.10. The summed E-state index contributed by atoms with van der Waals surface area (Å²) in [7, 11) is 0. The third-order valence-electron chi connectivity index (χ3n) is 0.898. The van der Waals surface area contributed by atoms with Crippen LogP contribution in [0.25, 0.3) is 0 Å². The predicted octanol–water partition coefficient (Wildman–Crippen LogP) is 3.08. The van der Waals surface area contributed by atoms with Crippen molar-refractivity contribution in [1.82, 2.24) is 0 Å². The first kappa shape index (κ1) is 8.22. The summed E-state index contributed by atoms with van der Waals surface area (Å²) in [6.45, 7) is 4.13. The summed E-state index contributed by atoms with van der Waals surface area (Å²) in [6.07, 6.45) is 13.4. The fourth-order valence-corrected chi connectivity index (χ4v) is 0.454. The Balaban J connectivity index is 3.35. The maximum Gasteiger partial charge on any atom is -0.0376 e. The SMILES string of the molecule is C/C=C\C=C/C=CCC. The molecule has 0 aliphatic heterocycles. The Morgan fingerprint density at radius 1 is 1.00 bits per heavy atom. The first-order chi connectivity index (χ1) is 4.41. The van der Waals surface area contributed by atoms with Gasteiger partial charge in [-0.3, -0.25) is 0 Å². The van der Waals surface area contributed by atoms with Crippen molar-refractivity contribution < 1.29 is 0 Å². The molecular formula is C9H14. The molecule has 0 atom stereocenters. The van der Waals surface area contributed by atoms with E-state index in [-0.39, 0.29) is 0 Å². The smallest absolute Gasteiger partial charge is 0.0376 e. The zero-order valence-electron chi connectivity index (χ0n) is 6.17. The lowest BCUT2D eigenvalue weighted by atomic mass is 10.4. The molecule has 0 N–H and O–H groups in total. The normalized spacial score (nSPS) is 12.7. The van der Waals surface area contributed by atoms with E-state index < -0.39 is 0 Å². The van der Waals surface area contributed by atoms with Crippen LogP contribution < -0.4 is 0 Å². The summed E-state index contributed by atoms with van der Waals surface area (Å²) in [5.41, 5.74) is 0. The molecule has 0 rings (SSSR count). The molecule has 0 spiro atoms. The Hall–Kier alpha value is -0.780. The van der Waals surface area contributed by atoms with Crippen LogP contribution in [-0.2, 0) is 0 Å². The van der Waals surface area contributed by atoms with Gasteiger partial charge in [0.1, 0.15) is 0 Å². The van der Waals surface area contributed by atoms with E-state index in [1.165, 1.54) is 0 Å². The molecule has 0 bridgehead atoms. The summed E-state index contributed by atoms with van der Waals surface area (Å²) in [4.78, 5) is 0. The lowest BCUT2D eigenvalue weighted by Crippen LogP contribution is -1.51. The Morgan fingerprint density at radius 2 is 1.67 bits per heavy atom. The Morgan fingerprint density at radius 3 is 2.22 bits per heavy atom. The van der Waals surface area contributed by atoms with Gasteiger partial charge in [-0.05, 0) is 13.3 Å². The predicted molar refractivity (Wildman–Crippen MR) is 43.4 cm³/mol. The number of allylic oxidation sites excluding steroid dienone is 6. The molecule has 9 heavy (non-hydrogen) atoms. The van der Waals surface area contributed by atoms with Crippen molar-refractivity contribution in [3.05, 3.63) is 36.5 Å². The van der Waals surface area contributed by atoms with Gasteiger partial charge in [-0.2, -0.15) is 0 Å². The fraction of sp³-hybridized carbons (Fsp3) is 0.333. The van der Waals surface area contributed by atoms with E-state index in [1.807, 2.05) is 31.2 Å². The molecular weight excluding hydrogens is 108 g/mol. The van der Waals surface area contributed by atoms with E-state index in [4.69, 9.17) is 0 Å². The largest absolute Gasteiger partial charge is 0.0877 e. The third-order valence-corrected chi connectivity index (χ3v) is 0.898. The average Bonchev–Trinajstić information content (AvgIpc) is 1.89. The van der Waals surface area contributed by atoms with Crippen molar-refractivity contribution in [1.29, 1.82) is 0 Å². The highest BCUT2D eigenvalue weighted by Crippen LogP contribution is 1.82. The standard InChI is InChI=1S/C9H14/c1-3-5-7-9-8-6-4-2/h3,5-9H,4H2,1-2H3/b5-3-,8-6?,9-7-. The van der Waals surface area contributed by atoms with Gasteiger partial charge in [0.15, 0.2) is 0 Å². The number of rotatable bonds is 3. The topological polar surface area (TPSA) is 0 Å². The van der Waals surface area contributed by atoms with Crippen LogP contribution in [0.2, 0.25) is 0 Å². The average molecular weight is 122 g/mol. The van der Waals surface area contributed by atoms with Gasteiger partial charge in [-0.25, -0.2) is 0 Å². The van der Waals surface area contributed by atoms with Crippen LogP contribution in [0.5, 0.6) is 0 Å². The van der Waals surface area contributed by atoms with E-state index in [9.17, 15) is 0 Å². The number of hydrogen-bond acceptors (Lipinski definition) is 0. The van der Waals surface area contributed by atoms with Crippen molar-refractivity contribution in [2.45, 2.75) is 20.3 Å². The van der Waals surface area contributed by atoms with Gasteiger partial charge in [-0.1, -0.05) is 43.4 Å². The third kappa shape index (κ3) is 7.22. The zero-order valence-corrected chi connectivity index (χ0v) is 6.17. The maximum atomic E-state index is 2.12. The van der Waals surface area contributed by atoms with Crippen molar-refractivity contribution in [3.8, 4) is 0 Å². The highest BCUT2D eigenvalue weighted by atomic mass is 13.7. The molecule has 0 aromatic heterocycles. The molecule has 0 saturated heterocycles.